The van der Waals surface area contributed by atoms with E-state index in [1.165, 1.54) is 0 Å². The van der Waals surface area contributed by atoms with E-state index in [4.69, 9.17) is 4.74 Å². The molecule has 1 N–H and O–H groups in total. The van der Waals surface area contributed by atoms with Crippen LogP contribution in [0.2, 0.25) is 0 Å². The van der Waals surface area contributed by atoms with Crippen LogP contribution in [0.25, 0.3) is 0 Å². The molecule has 0 saturated heterocycles. The van der Waals surface area contributed by atoms with Crippen LogP contribution in [0.1, 0.15) is 0 Å². The van der Waals surface area contributed by atoms with Crippen molar-refractivity contribution < 1.29 is 4.74 Å². The highest BCUT2D eigenvalue weighted by molar-refractivity contribution is 5.44. The number of pyridine rings is 1. The molecule has 0 unspecified atom stereocenters. The van der Waals surface area contributed by atoms with Crippen molar-refractivity contribution in [3.8, 4) is 5.75 Å². The molecule has 1 heterocycles. The van der Waals surface area contributed by atoms with Gasteiger partial charge in [0.1, 0.15) is 12.4 Å². The van der Waals surface area contributed by atoms with Crippen LogP contribution in [0.3, 0.4) is 0 Å². The zero-order valence-corrected chi connectivity index (χ0v) is 8.95. The molecule has 0 bridgehead atoms. The van der Waals surface area contributed by atoms with Crippen molar-refractivity contribution in [3.05, 3.63) is 18.5 Å². The second-order valence-corrected chi connectivity index (χ2v) is 3.31. The fourth-order valence-electron chi connectivity index (χ4n) is 0.981. The van der Waals surface area contributed by atoms with E-state index in [1.54, 1.807) is 12.4 Å². The van der Waals surface area contributed by atoms with Gasteiger partial charge in [0.2, 0.25) is 0 Å². The molecule has 0 atom stereocenters. The van der Waals surface area contributed by atoms with Crippen LogP contribution in [0.4, 0.5) is 5.69 Å². The van der Waals surface area contributed by atoms with E-state index in [9.17, 15) is 0 Å². The van der Waals surface area contributed by atoms with Gasteiger partial charge < -0.3 is 15.0 Å². The Morgan fingerprint density at radius 2 is 2.21 bits per heavy atom. The summed E-state index contributed by atoms with van der Waals surface area (Å²) in [5.41, 5.74) is 0.965. The molecule has 0 aliphatic rings. The SMILES string of the molecule is CNc1cncc(OCCN(C)C)c1. The van der Waals surface area contributed by atoms with Crippen LogP contribution in [0, 0.1) is 0 Å². The molecule has 0 saturated carbocycles. The smallest absolute Gasteiger partial charge is 0.139 e. The van der Waals surface area contributed by atoms with Crippen LogP contribution in [-0.2, 0) is 0 Å². The average Bonchev–Trinajstić information content (AvgIpc) is 2.18. The lowest BCUT2D eigenvalue weighted by atomic mass is 10.4. The topological polar surface area (TPSA) is 37.4 Å². The Bertz CT molecular complexity index is 276. The number of rotatable bonds is 5. The molecular weight excluding hydrogens is 178 g/mol. The Kier molecular flexibility index (Phi) is 4.19. The predicted molar refractivity (Wildman–Crippen MR) is 57.8 cm³/mol. The number of likely N-dealkylation sites (N-methyl/N-ethyl adjacent to an activating group) is 1. The molecule has 0 aliphatic heterocycles. The maximum Gasteiger partial charge on any atom is 0.139 e. The summed E-state index contributed by atoms with van der Waals surface area (Å²) in [7, 11) is 5.90. The minimum Gasteiger partial charge on any atom is -0.491 e. The third-order valence-electron chi connectivity index (χ3n) is 1.81. The maximum absolute atomic E-state index is 5.52. The van der Waals surface area contributed by atoms with Crippen molar-refractivity contribution in [3.63, 3.8) is 0 Å². The van der Waals surface area contributed by atoms with Crippen molar-refractivity contribution in [2.24, 2.45) is 0 Å². The van der Waals surface area contributed by atoms with E-state index in [1.807, 2.05) is 27.2 Å². The minimum atomic E-state index is 0.682. The summed E-state index contributed by atoms with van der Waals surface area (Å²) in [4.78, 5) is 6.13. The molecule has 4 heteroatoms. The zero-order chi connectivity index (χ0) is 10.4. The number of hydrogen-bond donors (Lipinski definition) is 1. The molecule has 1 rings (SSSR count). The number of anilines is 1. The molecule has 0 spiro atoms. The molecule has 1 aromatic heterocycles. The Labute approximate surface area is 84.9 Å². The lowest BCUT2D eigenvalue weighted by Crippen LogP contribution is -2.19. The van der Waals surface area contributed by atoms with E-state index >= 15 is 0 Å². The van der Waals surface area contributed by atoms with Crippen LogP contribution in [-0.4, -0.2) is 44.2 Å². The van der Waals surface area contributed by atoms with Crippen LogP contribution < -0.4 is 10.1 Å². The zero-order valence-electron chi connectivity index (χ0n) is 8.95. The summed E-state index contributed by atoms with van der Waals surface area (Å²) in [6.45, 7) is 1.59. The lowest BCUT2D eigenvalue weighted by molar-refractivity contribution is 0.261. The first-order valence-electron chi connectivity index (χ1n) is 4.62. The second kappa shape index (κ2) is 5.44. The van der Waals surface area contributed by atoms with E-state index < -0.39 is 0 Å². The van der Waals surface area contributed by atoms with Gasteiger partial charge >= 0.3 is 0 Å². The van der Waals surface area contributed by atoms with Gasteiger partial charge in [-0.15, -0.1) is 0 Å². The van der Waals surface area contributed by atoms with Gasteiger partial charge in [-0.05, 0) is 14.1 Å². The Balaban J connectivity index is 2.42. The number of nitrogens with one attached hydrogen (secondary N) is 1. The van der Waals surface area contributed by atoms with Crippen LogP contribution in [0.5, 0.6) is 5.75 Å². The first-order valence-corrected chi connectivity index (χ1v) is 4.62. The van der Waals surface area contributed by atoms with Crippen LogP contribution in [0.15, 0.2) is 18.5 Å². The monoisotopic (exact) mass is 195 g/mol. The largest absolute Gasteiger partial charge is 0.491 e. The number of aromatic nitrogens is 1. The highest BCUT2D eigenvalue weighted by Crippen LogP contribution is 2.14. The van der Waals surface area contributed by atoms with E-state index in [0.29, 0.717) is 6.61 Å². The molecular formula is C10H17N3O. The van der Waals surface area contributed by atoms with E-state index in [2.05, 4.69) is 15.2 Å². The summed E-state index contributed by atoms with van der Waals surface area (Å²) in [6, 6.07) is 1.93. The van der Waals surface area contributed by atoms with Gasteiger partial charge in [0.25, 0.3) is 0 Å². The van der Waals surface area contributed by atoms with Crippen molar-refractivity contribution in [2.45, 2.75) is 0 Å². The van der Waals surface area contributed by atoms with Gasteiger partial charge in [-0.25, -0.2) is 0 Å². The Hall–Kier alpha value is -1.29. The third kappa shape index (κ3) is 3.62. The Morgan fingerprint density at radius 3 is 2.86 bits per heavy atom. The summed E-state index contributed by atoms with van der Waals surface area (Å²) >= 11 is 0. The summed E-state index contributed by atoms with van der Waals surface area (Å²) in [5, 5.41) is 3.01. The van der Waals surface area contributed by atoms with Crippen molar-refractivity contribution >= 4 is 5.69 Å². The van der Waals surface area contributed by atoms with E-state index in [0.717, 1.165) is 18.0 Å². The fraction of sp³-hybridized carbons (Fsp3) is 0.500. The number of hydrogen-bond acceptors (Lipinski definition) is 4. The van der Waals surface area contributed by atoms with Crippen molar-refractivity contribution in [1.82, 2.24) is 9.88 Å². The minimum absolute atomic E-state index is 0.682. The van der Waals surface area contributed by atoms with E-state index in [-0.39, 0.29) is 0 Å². The van der Waals surface area contributed by atoms with Crippen molar-refractivity contribution in [1.29, 1.82) is 0 Å². The molecule has 0 amide bonds. The summed E-state index contributed by atoms with van der Waals surface area (Å²) < 4.78 is 5.52. The first-order chi connectivity index (χ1) is 6.72. The summed E-state index contributed by atoms with van der Waals surface area (Å²) in [6.07, 6.45) is 3.48. The molecule has 0 aliphatic carbocycles. The first kappa shape index (κ1) is 10.8. The average molecular weight is 195 g/mol. The number of ether oxygens (including phenoxy) is 1. The second-order valence-electron chi connectivity index (χ2n) is 3.31. The van der Waals surface area contributed by atoms with Gasteiger partial charge in [-0.2, -0.15) is 0 Å². The third-order valence-corrected chi connectivity index (χ3v) is 1.81. The molecule has 78 valence electrons. The quantitative estimate of drug-likeness (QED) is 0.762. The molecule has 0 fully saturated rings. The molecule has 0 radical (unpaired) electrons. The molecule has 1 aromatic rings. The Morgan fingerprint density at radius 1 is 1.43 bits per heavy atom. The van der Waals surface area contributed by atoms with Gasteiger partial charge in [-0.3, -0.25) is 4.98 Å². The van der Waals surface area contributed by atoms with Gasteiger partial charge in [0.15, 0.2) is 0 Å². The normalized spacial score (nSPS) is 10.3. The predicted octanol–water partition coefficient (Wildman–Crippen LogP) is 1.06. The highest BCUT2D eigenvalue weighted by Gasteiger charge is 1.96. The van der Waals surface area contributed by atoms with Gasteiger partial charge in [-0.1, -0.05) is 0 Å². The molecule has 0 aromatic carbocycles. The van der Waals surface area contributed by atoms with Gasteiger partial charge in [0, 0.05) is 19.7 Å². The lowest BCUT2D eigenvalue weighted by Gasteiger charge is -2.11. The molecule has 4 nitrogen and oxygen atoms in total. The standard InChI is InChI=1S/C10H17N3O/c1-11-9-6-10(8-12-7-9)14-5-4-13(2)3/h6-8,11H,4-5H2,1-3H3. The van der Waals surface area contributed by atoms with Gasteiger partial charge in [0.05, 0.1) is 18.1 Å². The van der Waals surface area contributed by atoms with Crippen molar-refractivity contribution in [2.75, 3.05) is 39.6 Å². The maximum atomic E-state index is 5.52. The highest BCUT2D eigenvalue weighted by atomic mass is 16.5. The fourth-order valence-corrected chi connectivity index (χ4v) is 0.981. The molecule has 14 heavy (non-hydrogen) atoms. The number of nitrogens with zero attached hydrogens (tertiary/aromatic N) is 2. The summed E-state index contributed by atoms with van der Waals surface area (Å²) in [5.74, 6) is 0.804. The van der Waals surface area contributed by atoms with Crippen LogP contribution >= 0.6 is 0 Å².